The van der Waals surface area contributed by atoms with E-state index in [1.54, 1.807) is 6.07 Å². The molecular formula is C21H20N2O. The van der Waals surface area contributed by atoms with E-state index in [2.05, 4.69) is 58.4 Å². The number of para-hydroxylation sites is 1. The summed E-state index contributed by atoms with van der Waals surface area (Å²) in [5.41, 5.74) is 4.74. The SMILES string of the molecule is O=c1ccc2cccc(C3=CCN(Cc4ccccc4)CC3)c2[nH]1. The number of aromatic nitrogens is 1. The van der Waals surface area contributed by atoms with Crippen molar-refractivity contribution in [1.29, 1.82) is 0 Å². The van der Waals surface area contributed by atoms with Crippen molar-refractivity contribution in [2.75, 3.05) is 13.1 Å². The fourth-order valence-corrected chi connectivity index (χ4v) is 3.39. The Morgan fingerprint density at radius 3 is 2.62 bits per heavy atom. The number of H-pyrrole nitrogens is 1. The second kappa shape index (κ2) is 6.46. The summed E-state index contributed by atoms with van der Waals surface area (Å²) in [7, 11) is 0. The maximum atomic E-state index is 11.7. The van der Waals surface area contributed by atoms with Gasteiger partial charge in [0.05, 0.1) is 5.52 Å². The van der Waals surface area contributed by atoms with Gasteiger partial charge in [-0.2, -0.15) is 0 Å². The van der Waals surface area contributed by atoms with Crippen LogP contribution in [0.15, 0.2) is 71.5 Å². The smallest absolute Gasteiger partial charge is 0.248 e. The molecule has 0 aliphatic carbocycles. The highest BCUT2D eigenvalue weighted by atomic mass is 16.1. The summed E-state index contributed by atoms with van der Waals surface area (Å²) in [6, 6.07) is 20.3. The van der Waals surface area contributed by atoms with E-state index in [-0.39, 0.29) is 5.56 Å². The van der Waals surface area contributed by atoms with Crippen molar-refractivity contribution < 1.29 is 0 Å². The Morgan fingerprint density at radius 1 is 0.958 bits per heavy atom. The summed E-state index contributed by atoms with van der Waals surface area (Å²) in [6.45, 7) is 2.96. The van der Waals surface area contributed by atoms with Crippen LogP contribution >= 0.6 is 0 Å². The summed E-state index contributed by atoms with van der Waals surface area (Å²) < 4.78 is 0. The Morgan fingerprint density at radius 2 is 1.83 bits per heavy atom. The lowest BCUT2D eigenvalue weighted by Crippen LogP contribution is -2.28. The molecule has 0 bridgehead atoms. The minimum atomic E-state index is -0.0444. The molecule has 3 heteroatoms. The first-order valence-electron chi connectivity index (χ1n) is 8.37. The number of pyridine rings is 1. The van der Waals surface area contributed by atoms with Gasteiger partial charge in [-0.3, -0.25) is 9.69 Å². The number of hydrogen-bond acceptors (Lipinski definition) is 2. The van der Waals surface area contributed by atoms with E-state index in [9.17, 15) is 4.79 Å². The van der Waals surface area contributed by atoms with Crippen LogP contribution in [0, 0.1) is 0 Å². The minimum absolute atomic E-state index is 0.0444. The van der Waals surface area contributed by atoms with Crippen molar-refractivity contribution in [1.82, 2.24) is 9.88 Å². The molecule has 0 atom stereocenters. The van der Waals surface area contributed by atoms with Crippen LogP contribution in [0.25, 0.3) is 16.5 Å². The zero-order valence-electron chi connectivity index (χ0n) is 13.5. The zero-order valence-corrected chi connectivity index (χ0v) is 13.5. The minimum Gasteiger partial charge on any atom is -0.321 e. The molecule has 0 unspecified atom stereocenters. The van der Waals surface area contributed by atoms with Gasteiger partial charge in [-0.05, 0) is 29.0 Å². The zero-order chi connectivity index (χ0) is 16.4. The molecule has 0 spiro atoms. The third kappa shape index (κ3) is 3.03. The van der Waals surface area contributed by atoms with Gasteiger partial charge in [-0.1, -0.05) is 54.6 Å². The van der Waals surface area contributed by atoms with E-state index in [0.717, 1.165) is 42.5 Å². The third-order valence-corrected chi connectivity index (χ3v) is 4.65. The van der Waals surface area contributed by atoms with E-state index in [1.165, 1.54) is 11.1 Å². The van der Waals surface area contributed by atoms with Crippen LogP contribution in [0.3, 0.4) is 0 Å². The van der Waals surface area contributed by atoms with Gasteiger partial charge in [0.15, 0.2) is 0 Å². The predicted molar refractivity (Wildman–Crippen MR) is 98.9 cm³/mol. The van der Waals surface area contributed by atoms with Gasteiger partial charge in [0, 0.05) is 31.3 Å². The predicted octanol–water partition coefficient (Wildman–Crippen LogP) is 3.82. The molecule has 1 aliphatic heterocycles. The highest BCUT2D eigenvalue weighted by Crippen LogP contribution is 2.27. The Labute approximate surface area is 141 Å². The van der Waals surface area contributed by atoms with E-state index >= 15 is 0 Å². The maximum absolute atomic E-state index is 11.7. The van der Waals surface area contributed by atoms with Gasteiger partial charge in [-0.15, -0.1) is 0 Å². The first kappa shape index (κ1) is 14.9. The van der Waals surface area contributed by atoms with Crippen LogP contribution in [-0.2, 0) is 6.54 Å². The van der Waals surface area contributed by atoms with E-state index in [4.69, 9.17) is 0 Å². The molecule has 1 aromatic heterocycles. The molecular weight excluding hydrogens is 296 g/mol. The largest absolute Gasteiger partial charge is 0.321 e. The molecule has 0 fully saturated rings. The number of nitrogens with zero attached hydrogens (tertiary/aromatic N) is 1. The number of aromatic amines is 1. The molecule has 2 heterocycles. The van der Waals surface area contributed by atoms with Crippen molar-refractivity contribution in [2.24, 2.45) is 0 Å². The monoisotopic (exact) mass is 316 g/mol. The first-order valence-corrected chi connectivity index (χ1v) is 8.37. The number of rotatable bonds is 3. The number of fused-ring (bicyclic) bond motifs is 1. The lowest BCUT2D eigenvalue weighted by atomic mass is 9.96. The van der Waals surface area contributed by atoms with Gasteiger partial charge in [0.2, 0.25) is 5.56 Å². The average molecular weight is 316 g/mol. The highest BCUT2D eigenvalue weighted by molar-refractivity contribution is 5.90. The van der Waals surface area contributed by atoms with E-state index in [0.29, 0.717) is 0 Å². The van der Waals surface area contributed by atoms with Gasteiger partial charge in [-0.25, -0.2) is 0 Å². The number of benzene rings is 2. The quantitative estimate of drug-likeness (QED) is 0.797. The fourth-order valence-electron chi connectivity index (χ4n) is 3.39. The molecule has 120 valence electrons. The average Bonchev–Trinajstić information content (AvgIpc) is 2.63. The van der Waals surface area contributed by atoms with Crippen LogP contribution in [0.5, 0.6) is 0 Å². The molecule has 4 rings (SSSR count). The summed E-state index contributed by atoms with van der Waals surface area (Å²) in [5, 5.41) is 1.08. The topological polar surface area (TPSA) is 36.1 Å². The van der Waals surface area contributed by atoms with Crippen LogP contribution < -0.4 is 5.56 Å². The number of nitrogens with one attached hydrogen (secondary N) is 1. The second-order valence-electron chi connectivity index (χ2n) is 6.29. The summed E-state index contributed by atoms with van der Waals surface area (Å²) in [4.78, 5) is 17.1. The molecule has 0 saturated heterocycles. The second-order valence-corrected chi connectivity index (χ2v) is 6.29. The normalized spacial score (nSPS) is 15.4. The van der Waals surface area contributed by atoms with Crippen LogP contribution in [0.4, 0.5) is 0 Å². The molecule has 3 nitrogen and oxygen atoms in total. The molecule has 2 aromatic carbocycles. The summed E-state index contributed by atoms with van der Waals surface area (Å²) in [5.74, 6) is 0. The molecule has 1 N–H and O–H groups in total. The van der Waals surface area contributed by atoms with Crippen LogP contribution in [-0.4, -0.2) is 23.0 Å². The standard InChI is InChI=1S/C21H20N2O/c24-20-10-9-18-7-4-8-19(21(18)22-20)17-11-13-23(14-12-17)15-16-5-2-1-3-6-16/h1-11H,12-15H2,(H,22,24). The molecule has 3 aromatic rings. The van der Waals surface area contributed by atoms with Gasteiger partial charge in [0.1, 0.15) is 0 Å². The molecule has 1 aliphatic rings. The van der Waals surface area contributed by atoms with E-state index in [1.807, 2.05) is 12.1 Å². The highest BCUT2D eigenvalue weighted by Gasteiger charge is 2.15. The van der Waals surface area contributed by atoms with Gasteiger partial charge >= 0.3 is 0 Å². The molecule has 0 radical (unpaired) electrons. The lowest BCUT2D eigenvalue weighted by molar-refractivity contribution is 0.294. The lowest BCUT2D eigenvalue weighted by Gasteiger charge is -2.26. The molecule has 0 amide bonds. The third-order valence-electron chi connectivity index (χ3n) is 4.65. The van der Waals surface area contributed by atoms with Gasteiger partial charge in [0.25, 0.3) is 0 Å². The van der Waals surface area contributed by atoms with Crippen molar-refractivity contribution in [3.63, 3.8) is 0 Å². The Balaban J connectivity index is 1.58. The van der Waals surface area contributed by atoms with Crippen molar-refractivity contribution >= 4 is 16.5 Å². The molecule has 0 saturated carbocycles. The van der Waals surface area contributed by atoms with Gasteiger partial charge < -0.3 is 4.98 Å². The fraction of sp³-hybridized carbons (Fsp3) is 0.190. The van der Waals surface area contributed by atoms with E-state index < -0.39 is 0 Å². The Bertz CT molecular complexity index is 941. The van der Waals surface area contributed by atoms with Crippen molar-refractivity contribution in [3.8, 4) is 0 Å². The molecule has 24 heavy (non-hydrogen) atoms. The Kier molecular flexibility index (Phi) is 4.01. The van der Waals surface area contributed by atoms with Crippen LogP contribution in [0.2, 0.25) is 0 Å². The maximum Gasteiger partial charge on any atom is 0.248 e. The van der Waals surface area contributed by atoms with Crippen molar-refractivity contribution in [3.05, 3.63) is 88.2 Å². The summed E-state index contributed by atoms with van der Waals surface area (Å²) >= 11 is 0. The van der Waals surface area contributed by atoms with Crippen LogP contribution in [0.1, 0.15) is 17.5 Å². The summed E-state index contributed by atoms with van der Waals surface area (Å²) in [6.07, 6.45) is 3.30. The Hall–Kier alpha value is -2.65. The number of hydrogen-bond donors (Lipinski definition) is 1. The van der Waals surface area contributed by atoms with Crippen molar-refractivity contribution in [2.45, 2.75) is 13.0 Å². The first-order chi connectivity index (χ1) is 11.8.